The minimum absolute atomic E-state index is 0.148. The highest BCUT2D eigenvalue weighted by atomic mass is 16.5. The molecular formula is C19H26O2. The molecule has 2 nitrogen and oxygen atoms in total. The van der Waals surface area contributed by atoms with Crippen LogP contribution >= 0.6 is 0 Å². The molecule has 3 aliphatic rings. The van der Waals surface area contributed by atoms with Crippen LogP contribution in [0.3, 0.4) is 0 Å². The van der Waals surface area contributed by atoms with E-state index in [0.717, 1.165) is 19.4 Å². The van der Waals surface area contributed by atoms with Gasteiger partial charge in [0.05, 0.1) is 11.7 Å². The monoisotopic (exact) mass is 286 g/mol. The highest BCUT2D eigenvalue weighted by molar-refractivity contribution is 5.34. The van der Waals surface area contributed by atoms with E-state index in [1.165, 1.54) is 49.7 Å². The van der Waals surface area contributed by atoms with Crippen molar-refractivity contribution in [3.05, 3.63) is 35.4 Å². The van der Waals surface area contributed by atoms with Gasteiger partial charge in [-0.15, -0.1) is 0 Å². The number of fused-ring (bicyclic) bond motifs is 1. The van der Waals surface area contributed by atoms with Crippen LogP contribution in [0.4, 0.5) is 0 Å². The summed E-state index contributed by atoms with van der Waals surface area (Å²) in [6, 6.07) is 8.45. The lowest BCUT2D eigenvalue weighted by Crippen LogP contribution is -2.43. The fourth-order valence-electron chi connectivity index (χ4n) is 5.00. The maximum absolute atomic E-state index is 10.7. The largest absolute Gasteiger partial charge is 0.388 e. The van der Waals surface area contributed by atoms with Crippen molar-refractivity contribution in [1.29, 1.82) is 0 Å². The molecule has 4 rings (SSSR count). The third-order valence-corrected chi connectivity index (χ3v) is 6.14. The first-order valence-electron chi connectivity index (χ1n) is 8.67. The standard InChI is InChI=1S/C19H26O2/c20-18-16-7-3-2-6-14(16)12-17(18)15-8-11-21-19(13-15)9-4-1-5-10-19/h2-3,6-7,15,17-18,20H,1,4-5,8-13H2. The van der Waals surface area contributed by atoms with Crippen LogP contribution < -0.4 is 0 Å². The third kappa shape index (κ3) is 2.43. The second-order valence-electron chi connectivity index (χ2n) is 7.36. The minimum Gasteiger partial charge on any atom is -0.388 e. The van der Waals surface area contributed by atoms with Crippen molar-refractivity contribution in [2.45, 2.75) is 63.1 Å². The Kier molecular flexibility index (Phi) is 3.55. The van der Waals surface area contributed by atoms with Crippen LogP contribution in [0.25, 0.3) is 0 Å². The van der Waals surface area contributed by atoms with Crippen LogP contribution in [0.15, 0.2) is 24.3 Å². The van der Waals surface area contributed by atoms with Crippen molar-refractivity contribution in [2.75, 3.05) is 6.61 Å². The van der Waals surface area contributed by atoms with Crippen molar-refractivity contribution in [1.82, 2.24) is 0 Å². The SMILES string of the molecule is OC1c2ccccc2CC1C1CCOC2(CCCCC2)C1. The smallest absolute Gasteiger partial charge is 0.0826 e. The highest BCUT2D eigenvalue weighted by Gasteiger charge is 2.44. The van der Waals surface area contributed by atoms with Crippen molar-refractivity contribution in [3.8, 4) is 0 Å². The Balaban J connectivity index is 1.52. The molecule has 114 valence electrons. The van der Waals surface area contributed by atoms with Gasteiger partial charge >= 0.3 is 0 Å². The van der Waals surface area contributed by atoms with E-state index >= 15 is 0 Å². The van der Waals surface area contributed by atoms with Gasteiger partial charge in [0.15, 0.2) is 0 Å². The molecule has 0 bridgehead atoms. The Morgan fingerprint density at radius 1 is 1.10 bits per heavy atom. The molecule has 1 aromatic rings. The summed E-state index contributed by atoms with van der Waals surface area (Å²) in [6.07, 6.45) is 9.56. The van der Waals surface area contributed by atoms with Gasteiger partial charge in [0.1, 0.15) is 0 Å². The van der Waals surface area contributed by atoms with Crippen molar-refractivity contribution < 1.29 is 9.84 Å². The molecule has 2 heteroatoms. The summed E-state index contributed by atoms with van der Waals surface area (Å²) in [6.45, 7) is 0.893. The number of hydrogen-bond donors (Lipinski definition) is 1. The second-order valence-corrected chi connectivity index (χ2v) is 7.36. The predicted molar refractivity (Wildman–Crippen MR) is 83.1 cm³/mol. The lowest BCUT2D eigenvalue weighted by molar-refractivity contribution is -0.131. The molecule has 2 fully saturated rings. The molecule has 1 aromatic carbocycles. The van der Waals surface area contributed by atoms with Crippen LogP contribution in [-0.4, -0.2) is 17.3 Å². The first-order chi connectivity index (χ1) is 10.3. The summed E-state index contributed by atoms with van der Waals surface area (Å²) in [5.41, 5.74) is 2.68. The molecule has 1 spiro atoms. The van der Waals surface area contributed by atoms with Gasteiger partial charge in [-0.1, -0.05) is 43.5 Å². The maximum atomic E-state index is 10.7. The number of aliphatic hydroxyl groups is 1. The molecule has 0 radical (unpaired) electrons. The lowest BCUT2D eigenvalue weighted by atomic mass is 9.71. The molecule has 1 saturated heterocycles. The first-order valence-corrected chi connectivity index (χ1v) is 8.67. The molecule has 1 heterocycles. The fourth-order valence-corrected chi connectivity index (χ4v) is 5.00. The van der Waals surface area contributed by atoms with Gasteiger partial charge < -0.3 is 9.84 Å². The molecule has 1 aliphatic heterocycles. The van der Waals surface area contributed by atoms with Gasteiger partial charge in [0.25, 0.3) is 0 Å². The normalized spacial score (nSPS) is 34.8. The highest BCUT2D eigenvalue weighted by Crippen LogP contribution is 2.48. The van der Waals surface area contributed by atoms with Crippen molar-refractivity contribution >= 4 is 0 Å². The summed E-state index contributed by atoms with van der Waals surface area (Å²) in [5.74, 6) is 1.03. The molecule has 1 saturated carbocycles. The topological polar surface area (TPSA) is 29.5 Å². The lowest BCUT2D eigenvalue weighted by Gasteiger charge is -2.45. The summed E-state index contributed by atoms with van der Waals surface area (Å²) in [7, 11) is 0. The van der Waals surface area contributed by atoms with E-state index < -0.39 is 0 Å². The Labute approximate surface area is 127 Å². The van der Waals surface area contributed by atoms with E-state index in [4.69, 9.17) is 4.74 Å². The number of aliphatic hydroxyl groups excluding tert-OH is 1. The number of benzene rings is 1. The van der Waals surface area contributed by atoms with Crippen molar-refractivity contribution in [2.24, 2.45) is 11.8 Å². The second kappa shape index (κ2) is 5.40. The average molecular weight is 286 g/mol. The molecular weight excluding hydrogens is 260 g/mol. The van der Waals surface area contributed by atoms with E-state index in [1.807, 2.05) is 0 Å². The maximum Gasteiger partial charge on any atom is 0.0826 e. The molecule has 3 atom stereocenters. The van der Waals surface area contributed by atoms with Gasteiger partial charge in [-0.25, -0.2) is 0 Å². The molecule has 0 amide bonds. The van der Waals surface area contributed by atoms with Gasteiger partial charge in [-0.05, 0) is 55.1 Å². The predicted octanol–water partition coefficient (Wildman–Crippen LogP) is 4.02. The zero-order valence-corrected chi connectivity index (χ0v) is 12.8. The zero-order chi connectivity index (χ0) is 14.3. The van der Waals surface area contributed by atoms with E-state index in [-0.39, 0.29) is 11.7 Å². The zero-order valence-electron chi connectivity index (χ0n) is 12.8. The van der Waals surface area contributed by atoms with E-state index in [0.29, 0.717) is 11.8 Å². The average Bonchev–Trinajstić information content (AvgIpc) is 2.86. The summed E-state index contributed by atoms with van der Waals surface area (Å²) in [5, 5.41) is 10.7. The van der Waals surface area contributed by atoms with Crippen LogP contribution in [0.5, 0.6) is 0 Å². The summed E-state index contributed by atoms with van der Waals surface area (Å²) < 4.78 is 6.23. The Morgan fingerprint density at radius 2 is 1.90 bits per heavy atom. The van der Waals surface area contributed by atoms with Gasteiger partial charge in [-0.3, -0.25) is 0 Å². The first kappa shape index (κ1) is 13.8. The van der Waals surface area contributed by atoms with Crippen molar-refractivity contribution in [3.63, 3.8) is 0 Å². The fraction of sp³-hybridized carbons (Fsp3) is 0.684. The molecule has 2 aliphatic carbocycles. The molecule has 1 N–H and O–H groups in total. The number of hydrogen-bond acceptors (Lipinski definition) is 2. The molecule has 21 heavy (non-hydrogen) atoms. The third-order valence-electron chi connectivity index (χ3n) is 6.14. The number of rotatable bonds is 1. The quantitative estimate of drug-likeness (QED) is 0.845. The van der Waals surface area contributed by atoms with Crippen LogP contribution in [-0.2, 0) is 11.2 Å². The van der Waals surface area contributed by atoms with Crippen LogP contribution in [0, 0.1) is 11.8 Å². The Bertz CT molecular complexity index is 499. The van der Waals surface area contributed by atoms with Gasteiger partial charge in [0, 0.05) is 6.61 Å². The van der Waals surface area contributed by atoms with E-state index in [1.54, 1.807) is 0 Å². The van der Waals surface area contributed by atoms with E-state index in [9.17, 15) is 5.11 Å². The van der Waals surface area contributed by atoms with Crippen LogP contribution in [0.2, 0.25) is 0 Å². The van der Waals surface area contributed by atoms with E-state index in [2.05, 4.69) is 24.3 Å². The van der Waals surface area contributed by atoms with Gasteiger partial charge in [0.2, 0.25) is 0 Å². The number of ether oxygens (including phenoxy) is 1. The molecule has 3 unspecified atom stereocenters. The Morgan fingerprint density at radius 3 is 2.71 bits per heavy atom. The summed E-state index contributed by atoms with van der Waals surface area (Å²) >= 11 is 0. The van der Waals surface area contributed by atoms with Gasteiger partial charge in [-0.2, -0.15) is 0 Å². The minimum atomic E-state index is -0.259. The summed E-state index contributed by atoms with van der Waals surface area (Å²) in [4.78, 5) is 0. The Hall–Kier alpha value is -0.860. The molecule has 0 aromatic heterocycles. The van der Waals surface area contributed by atoms with Crippen LogP contribution in [0.1, 0.15) is 62.2 Å².